The van der Waals surface area contributed by atoms with Crippen LogP contribution < -0.4 is 19.7 Å². The third-order valence-corrected chi connectivity index (χ3v) is 13.4. The summed E-state index contributed by atoms with van der Waals surface area (Å²) in [5.74, 6) is 1.88. The van der Waals surface area contributed by atoms with Gasteiger partial charge in [-0.1, -0.05) is 29.8 Å². The van der Waals surface area contributed by atoms with Crippen LogP contribution in [0.2, 0.25) is 5.02 Å². The van der Waals surface area contributed by atoms with Crippen LogP contribution in [0.4, 0.5) is 10.5 Å². The Hall–Kier alpha value is -2.73. The van der Waals surface area contributed by atoms with Gasteiger partial charge in [0, 0.05) is 36.8 Å². The molecule has 5 atom stereocenters. The summed E-state index contributed by atoms with van der Waals surface area (Å²) in [6.07, 6.45) is 10.2. The van der Waals surface area contributed by atoms with Crippen LogP contribution in [0.5, 0.6) is 5.75 Å². The lowest BCUT2D eigenvalue weighted by Gasteiger charge is -2.45. The van der Waals surface area contributed by atoms with Crippen LogP contribution in [0.1, 0.15) is 60.0 Å². The van der Waals surface area contributed by atoms with Gasteiger partial charge in [0.25, 0.3) is 5.91 Å². The fourth-order valence-corrected chi connectivity index (χ4v) is 10.3. The minimum Gasteiger partial charge on any atom is -0.490 e. The van der Waals surface area contributed by atoms with Crippen molar-refractivity contribution in [1.29, 1.82) is 0 Å². The summed E-state index contributed by atoms with van der Waals surface area (Å²) < 4.78 is 33.0. The first-order chi connectivity index (χ1) is 22.2. The Labute approximate surface area is 280 Å². The highest BCUT2D eigenvalue weighted by Crippen LogP contribution is 2.49. The molecule has 246 valence electrons. The van der Waals surface area contributed by atoms with Gasteiger partial charge in [0.15, 0.2) is 0 Å². The average Bonchev–Trinajstić information content (AvgIpc) is 3.85. The van der Waals surface area contributed by atoms with Gasteiger partial charge in [-0.2, -0.15) is 0 Å². The van der Waals surface area contributed by atoms with Crippen LogP contribution in [0, 0.1) is 11.8 Å². The lowest BCUT2D eigenvalue weighted by atomic mass is 9.70. The minimum atomic E-state index is -3.37. The number of nitrogens with zero attached hydrogens (tertiary/aromatic N) is 2. The summed E-state index contributed by atoms with van der Waals surface area (Å²) in [6, 6.07) is 11.1. The zero-order chi connectivity index (χ0) is 31.9. The number of carbonyl (C=O) groups is 2. The van der Waals surface area contributed by atoms with E-state index in [1.54, 1.807) is 13.2 Å². The smallest absolute Gasteiger partial charge is 0.327 e. The van der Waals surface area contributed by atoms with Crippen LogP contribution >= 0.6 is 23.4 Å². The molecular weight excluding hydrogens is 644 g/mol. The molecule has 2 saturated carbocycles. The molecule has 0 saturated heterocycles. The maximum Gasteiger partial charge on any atom is 0.327 e. The minimum absolute atomic E-state index is 0.0281. The molecule has 7 rings (SSSR count). The van der Waals surface area contributed by atoms with E-state index in [1.165, 1.54) is 11.1 Å². The van der Waals surface area contributed by atoms with E-state index in [1.807, 2.05) is 30.0 Å². The molecule has 5 aliphatic rings. The van der Waals surface area contributed by atoms with Crippen LogP contribution in [0.25, 0.3) is 0 Å². The number of allylic oxidation sites excluding steroid dienone is 1. The highest BCUT2D eigenvalue weighted by Gasteiger charge is 2.45. The summed E-state index contributed by atoms with van der Waals surface area (Å²) in [6.45, 7) is 1.97. The molecule has 9 nitrogen and oxygen atoms in total. The maximum atomic E-state index is 14.0. The second-order valence-electron chi connectivity index (χ2n) is 13.1. The molecule has 2 fully saturated rings. The van der Waals surface area contributed by atoms with E-state index in [2.05, 4.69) is 43.6 Å². The van der Waals surface area contributed by atoms with Crippen LogP contribution in [0.3, 0.4) is 0 Å². The van der Waals surface area contributed by atoms with E-state index in [9.17, 15) is 13.8 Å². The average molecular weight is 685 g/mol. The van der Waals surface area contributed by atoms with Crippen LogP contribution in [-0.2, 0) is 25.8 Å². The lowest BCUT2D eigenvalue weighted by molar-refractivity contribution is 0.0134. The van der Waals surface area contributed by atoms with E-state index in [0.29, 0.717) is 49.1 Å². The first kappa shape index (κ1) is 31.8. The Morgan fingerprint density at radius 1 is 1.20 bits per heavy atom. The molecule has 2 aromatic carbocycles. The first-order valence-electron chi connectivity index (χ1n) is 16.3. The molecule has 3 aliphatic heterocycles. The Morgan fingerprint density at radius 3 is 2.85 bits per heavy atom. The highest BCUT2D eigenvalue weighted by molar-refractivity contribution is 8.00. The van der Waals surface area contributed by atoms with Gasteiger partial charge in [-0.15, -0.1) is 16.1 Å². The van der Waals surface area contributed by atoms with Gasteiger partial charge >= 0.3 is 6.03 Å². The van der Waals surface area contributed by atoms with Gasteiger partial charge in [0.1, 0.15) is 22.3 Å². The lowest BCUT2D eigenvalue weighted by Crippen LogP contribution is -2.48. The number of hydrogen-bond donors (Lipinski definition) is 2. The summed E-state index contributed by atoms with van der Waals surface area (Å²) in [5, 5.41) is 3.54. The quantitative estimate of drug-likeness (QED) is 0.376. The number of urea groups is 1. The monoisotopic (exact) mass is 684 g/mol. The molecule has 1 spiro atoms. The Balaban J connectivity index is 1.28. The highest BCUT2D eigenvalue weighted by atomic mass is 35.5. The third-order valence-electron chi connectivity index (χ3n) is 9.90. The summed E-state index contributed by atoms with van der Waals surface area (Å²) in [4.78, 5) is 28.7. The number of methoxy groups -OCH3 is 1. The van der Waals surface area contributed by atoms with Crippen molar-refractivity contribution in [2.75, 3.05) is 43.2 Å². The van der Waals surface area contributed by atoms with Gasteiger partial charge in [-0.25, -0.2) is 9.00 Å². The van der Waals surface area contributed by atoms with Gasteiger partial charge in [0.2, 0.25) is 0 Å². The SMILES string of the molecule is CO[C@H]1/C=C/CCCS(=O)(NC(=O)NC2CC2)=NC(=O)c2ccc3c(c2)N(C[C@@H]2CC[C@H]21)C[C@]1(CO3)SCCc2cc(Cl)ccc21. The predicted octanol–water partition coefficient (Wildman–Crippen LogP) is 6.10. The first-order valence-corrected chi connectivity index (χ1v) is 19.3. The molecule has 12 heteroatoms. The number of ether oxygens (including phenoxy) is 2. The number of nitrogens with one attached hydrogen (secondary N) is 2. The van der Waals surface area contributed by atoms with Gasteiger partial charge < -0.3 is 19.7 Å². The van der Waals surface area contributed by atoms with Crippen molar-refractivity contribution in [3.05, 3.63) is 70.3 Å². The Bertz CT molecular complexity index is 1670. The molecule has 1 unspecified atom stereocenters. The van der Waals surface area contributed by atoms with Crippen LogP contribution in [-0.4, -0.2) is 66.6 Å². The van der Waals surface area contributed by atoms with E-state index in [4.69, 9.17) is 21.1 Å². The number of fused-ring (bicyclic) bond motifs is 4. The molecule has 2 bridgehead atoms. The van der Waals surface area contributed by atoms with E-state index < -0.39 is 21.9 Å². The molecule has 2 aliphatic carbocycles. The molecule has 3 heterocycles. The van der Waals surface area contributed by atoms with Crippen LogP contribution in [0.15, 0.2) is 52.9 Å². The standard InChI is InChI=1S/C34H41ClN4O5S2/c1-43-30-5-3-2-4-16-46(42,38-33(41)36-26-9-10-26)37-32(40)23-7-13-31-29(18-23)39(19-24-6-11-27(24)30)20-34(21-44-31)28-12-8-25(35)17-22(28)14-15-45-34/h3,5,7-8,12-13,17-18,24,26-27,30H,2,4,6,9-11,14-16,19-21H2,1H3,(H2,36,37,38,40,41,42)/b5-3+/t24-,27+,30-,34+,46?/m0/s1. The summed E-state index contributed by atoms with van der Waals surface area (Å²) >= 11 is 8.35. The fraction of sp³-hybridized carbons (Fsp3) is 0.529. The number of amides is 3. The second kappa shape index (κ2) is 13.1. The number of benzene rings is 2. The Kier molecular flexibility index (Phi) is 9.04. The number of carbonyl (C=O) groups excluding carboxylic acids is 2. The van der Waals surface area contributed by atoms with Gasteiger partial charge in [0.05, 0.1) is 22.3 Å². The molecule has 0 radical (unpaired) electrons. The summed E-state index contributed by atoms with van der Waals surface area (Å²) in [5.41, 5.74) is 3.64. The van der Waals surface area contributed by atoms with Crippen molar-refractivity contribution < 1.29 is 23.3 Å². The molecule has 0 aromatic heterocycles. The summed E-state index contributed by atoms with van der Waals surface area (Å²) in [7, 11) is -1.61. The largest absolute Gasteiger partial charge is 0.490 e. The number of hydrogen-bond acceptors (Lipinski definition) is 7. The molecule has 2 aromatic rings. The molecule has 2 N–H and O–H groups in total. The number of rotatable bonds is 3. The van der Waals surface area contributed by atoms with Crippen molar-refractivity contribution >= 4 is 50.9 Å². The van der Waals surface area contributed by atoms with Gasteiger partial charge in [-0.3, -0.25) is 9.52 Å². The van der Waals surface area contributed by atoms with E-state index in [-0.39, 0.29) is 22.6 Å². The van der Waals surface area contributed by atoms with E-state index >= 15 is 0 Å². The number of anilines is 1. The molecule has 46 heavy (non-hydrogen) atoms. The van der Waals surface area contributed by atoms with Crippen molar-refractivity contribution in [1.82, 2.24) is 10.0 Å². The van der Waals surface area contributed by atoms with E-state index in [0.717, 1.165) is 55.1 Å². The van der Waals surface area contributed by atoms with Gasteiger partial charge in [-0.05, 0) is 104 Å². The Morgan fingerprint density at radius 2 is 2.07 bits per heavy atom. The maximum absolute atomic E-state index is 14.0. The topological polar surface area (TPSA) is 109 Å². The normalized spacial score (nSPS) is 31.7. The zero-order valence-corrected chi connectivity index (χ0v) is 28.4. The predicted molar refractivity (Wildman–Crippen MR) is 183 cm³/mol. The van der Waals surface area contributed by atoms with Crippen molar-refractivity contribution in [3.8, 4) is 5.75 Å². The molecular formula is C34H41ClN4O5S2. The zero-order valence-electron chi connectivity index (χ0n) is 26.0. The number of aryl methyl sites for hydroxylation is 1. The molecule has 3 amide bonds. The third kappa shape index (κ3) is 6.66. The van der Waals surface area contributed by atoms with Crippen molar-refractivity contribution in [3.63, 3.8) is 0 Å². The second-order valence-corrected chi connectivity index (χ2v) is 17.1. The number of thioether (sulfide) groups is 1. The van der Waals surface area contributed by atoms with Crippen molar-refractivity contribution in [2.45, 2.75) is 61.8 Å². The van der Waals surface area contributed by atoms with Crippen molar-refractivity contribution in [2.24, 2.45) is 16.2 Å². The fourth-order valence-electron chi connectivity index (χ4n) is 7.17. The number of halogens is 1.